The number of ether oxygens (including phenoxy) is 2. The van der Waals surface area contributed by atoms with Crippen molar-refractivity contribution in [1.29, 1.82) is 0 Å². The molecule has 1 aromatic rings. The molecule has 17 heavy (non-hydrogen) atoms. The van der Waals surface area contributed by atoms with Gasteiger partial charge in [0.2, 0.25) is 0 Å². The highest BCUT2D eigenvalue weighted by atomic mass is 35.5. The molecule has 1 aromatic heterocycles. The summed E-state index contributed by atoms with van der Waals surface area (Å²) >= 11 is 5.58. The van der Waals surface area contributed by atoms with E-state index >= 15 is 0 Å². The van der Waals surface area contributed by atoms with Gasteiger partial charge < -0.3 is 9.47 Å². The van der Waals surface area contributed by atoms with Crippen LogP contribution in [0.4, 0.5) is 0 Å². The highest BCUT2D eigenvalue weighted by Crippen LogP contribution is 2.15. The molecule has 0 atom stereocenters. The Kier molecular flexibility index (Phi) is 4.28. The molecule has 0 N–H and O–H groups in total. The van der Waals surface area contributed by atoms with E-state index in [4.69, 9.17) is 21.1 Å². The monoisotopic (exact) mass is 256 g/mol. The van der Waals surface area contributed by atoms with Crippen LogP contribution in [-0.4, -0.2) is 36.0 Å². The molecule has 1 aliphatic heterocycles. The Balaban J connectivity index is 1.82. The van der Waals surface area contributed by atoms with Crippen LogP contribution in [0.2, 0.25) is 5.15 Å². The third-order valence-corrected chi connectivity index (χ3v) is 2.83. The lowest BCUT2D eigenvalue weighted by molar-refractivity contribution is 0.0180. The lowest BCUT2D eigenvalue weighted by atomic mass is 10.0. The lowest BCUT2D eigenvalue weighted by Gasteiger charge is -2.21. The zero-order chi connectivity index (χ0) is 12.1. The first-order valence-electron chi connectivity index (χ1n) is 5.50. The standard InChI is InChI=1S/C11H13ClN2O3/c12-10-2-1-9(13-14-10)11(15)17-7-8-3-5-16-6-4-8/h1-2,8H,3-7H2. The molecule has 0 bridgehead atoms. The fourth-order valence-electron chi connectivity index (χ4n) is 1.61. The summed E-state index contributed by atoms with van der Waals surface area (Å²) in [5.41, 5.74) is 0.182. The average Bonchev–Trinajstić information content (AvgIpc) is 2.38. The van der Waals surface area contributed by atoms with Crippen LogP contribution in [0.15, 0.2) is 12.1 Å². The predicted octanol–water partition coefficient (Wildman–Crippen LogP) is 1.71. The average molecular weight is 257 g/mol. The second-order valence-corrected chi connectivity index (χ2v) is 4.28. The van der Waals surface area contributed by atoms with Crippen LogP contribution in [0.1, 0.15) is 23.3 Å². The number of rotatable bonds is 3. The molecular weight excluding hydrogens is 244 g/mol. The summed E-state index contributed by atoms with van der Waals surface area (Å²) in [5, 5.41) is 7.51. The smallest absolute Gasteiger partial charge is 0.358 e. The Morgan fingerprint density at radius 2 is 2.18 bits per heavy atom. The number of nitrogens with zero attached hydrogens (tertiary/aromatic N) is 2. The number of esters is 1. The van der Waals surface area contributed by atoms with Gasteiger partial charge in [-0.1, -0.05) is 11.6 Å². The minimum absolute atomic E-state index is 0.182. The van der Waals surface area contributed by atoms with Crippen LogP contribution in [0.3, 0.4) is 0 Å². The zero-order valence-electron chi connectivity index (χ0n) is 9.26. The van der Waals surface area contributed by atoms with Gasteiger partial charge in [-0.15, -0.1) is 10.2 Å². The fourth-order valence-corrected chi connectivity index (χ4v) is 1.71. The molecule has 1 aliphatic rings. The maximum Gasteiger partial charge on any atom is 0.358 e. The largest absolute Gasteiger partial charge is 0.461 e. The minimum atomic E-state index is -0.458. The molecule has 2 heterocycles. The minimum Gasteiger partial charge on any atom is -0.461 e. The maximum atomic E-state index is 11.6. The Morgan fingerprint density at radius 3 is 2.82 bits per heavy atom. The van der Waals surface area contributed by atoms with Crippen molar-refractivity contribution in [2.24, 2.45) is 5.92 Å². The summed E-state index contributed by atoms with van der Waals surface area (Å²) in [4.78, 5) is 11.6. The summed E-state index contributed by atoms with van der Waals surface area (Å²) < 4.78 is 10.4. The van der Waals surface area contributed by atoms with Crippen molar-refractivity contribution in [2.45, 2.75) is 12.8 Å². The molecule has 0 unspecified atom stereocenters. The topological polar surface area (TPSA) is 61.3 Å². The van der Waals surface area contributed by atoms with E-state index in [9.17, 15) is 4.79 Å². The van der Waals surface area contributed by atoms with E-state index in [1.807, 2.05) is 0 Å². The predicted molar refractivity (Wildman–Crippen MR) is 60.9 cm³/mol. The van der Waals surface area contributed by atoms with Gasteiger partial charge in [-0.05, 0) is 30.9 Å². The van der Waals surface area contributed by atoms with Crippen LogP contribution in [-0.2, 0) is 9.47 Å². The van der Waals surface area contributed by atoms with Crippen molar-refractivity contribution in [1.82, 2.24) is 10.2 Å². The third kappa shape index (κ3) is 3.64. The van der Waals surface area contributed by atoms with Crippen LogP contribution in [0.25, 0.3) is 0 Å². The second-order valence-electron chi connectivity index (χ2n) is 3.90. The summed E-state index contributed by atoms with van der Waals surface area (Å²) in [7, 11) is 0. The Hall–Kier alpha value is -1.20. The van der Waals surface area contributed by atoms with Crippen LogP contribution in [0.5, 0.6) is 0 Å². The molecule has 2 rings (SSSR count). The van der Waals surface area contributed by atoms with Gasteiger partial charge >= 0.3 is 5.97 Å². The van der Waals surface area contributed by atoms with Gasteiger partial charge in [0.25, 0.3) is 0 Å². The summed E-state index contributed by atoms with van der Waals surface area (Å²) in [6.45, 7) is 1.89. The van der Waals surface area contributed by atoms with Crippen LogP contribution < -0.4 is 0 Å². The van der Waals surface area contributed by atoms with Crippen molar-refractivity contribution in [3.8, 4) is 0 Å². The van der Waals surface area contributed by atoms with E-state index in [1.54, 1.807) is 0 Å². The third-order valence-electron chi connectivity index (χ3n) is 2.63. The normalized spacial score (nSPS) is 16.8. The van der Waals surface area contributed by atoms with Crippen molar-refractivity contribution in [3.05, 3.63) is 23.0 Å². The van der Waals surface area contributed by atoms with E-state index in [2.05, 4.69) is 10.2 Å². The first-order chi connectivity index (χ1) is 8.25. The number of aromatic nitrogens is 2. The van der Waals surface area contributed by atoms with Gasteiger partial charge in [0, 0.05) is 13.2 Å². The number of hydrogen-bond donors (Lipinski definition) is 0. The van der Waals surface area contributed by atoms with E-state index in [1.165, 1.54) is 12.1 Å². The van der Waals surface area contributed by atoms with Gasteiger partial charge in [-0.3, -0.25) is 0 Å². The fraction of sp³-hybridized carbons (Fsp3) is 0.545. The first kappa shape index (κ1) is 12.3. The van der Waals surface area contributed by atoms with E-state index in [0.717, 1.165) is 26.1 Å². The van der Waals surface area contributed by atoms with E-state index < -0.39 is 5.97 Å². The van der Waals surface area contributed by atoms with Crippen molar-refractivity contribution in [2.75, 3.05) is 19.8 Å². The molecule has 6 heteroatoms. The number of hydrogen-bond acceptors (Lipinski definition) is 5. The first-order valence-corrected chi connectivity index (χ1v) is 5.87. The maximum absolute atomic E-state index is 11.6. The summed E-state index contributed by atoms with van der Waals surface area (Å²) in [6.07, 6.45) is 1.86. The van der Waals surface area contributed by atoms with Gasteiger partial charge in [0.15, 0.2) is 10.8 Å². The summed E-state index contributed by atoms with van der Waals surface area (Å²) in [6, 6.07) is 3.02. The van der Waals surface area contributed by atoms with Crippen LogP contribution in [0, 0.1) is 5.92 Å². The molecular formula is C11H13ClN2O3. The molecule has 5 nitrogen and oxygen atoms in total. The Labute approximate surface area is 104 Å². The number of carbonyl (C=O) groups is 1. The molecule has 0 radical (unpaired) electrons. The molecule has 0 saturated carbocycles. The summed E-state index contributed by atoms with van der Waals surface area (Å²) in [5.74, 6) is -0.0754. The van der Waals surface area contributed by atoms with Gasteiger partial charge in [-0.25, -0.2) is 4.79 Å². The zero-order valence-corrected chi connectivity index (χ0v) is 10.0. The SMILES string of the molecule is O=C(OCC1CCOCC1)c1ccc(Cl)nn1. The quantitative estimate of drug-likeness (QED) is 0.771. The highest BCUT2D eigenvalue weighted by Gasteiger charge is 2.17. The molecule has 0 aliphatic carbocycles. The lowest BCUT2D eigenvalue weighted by Crippen LogP contribution is -2.22. The second kappa shape index (κ2) is 5.93. The molecule has 0 aromatic carbocycles. The van der Waals surface area contributed by atoms with E-state index in [-0.39, 0.29) is 10.8 Å². The van der Waals surface area contributed by atoms with Gasteiger partial charge in [0.1, 0.15) is 0 Å². The molecule has 0 amide bonds. The van der Waals surface area contributed by atoms with Crippen LogP contribution >= 0.6 is 11.6 Å². The van der Waals surface area contributed by atoms with Crippen molar-refractivity contribution < 1.29 is 14.3 Å². The van der Waals surface area contributed by atoms with E-state index in [0.29, 0.717) is 12.5 Å². The molecule has 92 valence electrons. The number of carbonyl (C=O) groups excluding carboxylic acids is 1. The van der Waals surface area contributed by atoms with Crippen molar-refractivity contribution >= 4 is 17.6 Å². The number of halogens is 1. The molecule has 0 spiro atoms. The Morgan fingerprint density at radius 1 is 1.41 bits per heavy atom. The van der Waals surface area contributed by atoms with Gasteiger partial charge in [0.05, 0.1) is 6.61 Å². The highest BCUT2D eigenvalue weighted by molar-refractivity contribution is 6.29. The Bertz CT molecular complexity index is 377. The van der Waals surface area contributed by atoms with Crippen molar-refractivity contribution in [3.63, 3.8) is 0 Å². The molecule has 1 fully saturated rings. The van der Waals surface area contributed by atoms with Gasteiger partial charge in [-0.2, -0.15) is 0 Å². The molecule has 1 saturated heterocycles.